The van der Waals surface area contributed by atoms with Crippen molar-refractivity contribution in [3.05, 3.63) is 107 Å². The average molecular weight is 439 g/mol. The number of hydrogen-bond donors (Lipinski definition) is 0. The Kier molecular flexibility index (Phi) is 6.90. The molecule has 0 unspecified atom stereocenters. The van der Waals surface area contributed by atoms with Crippen LogP contribution in [0.5, 0.6) is 0 Å². The maximum absolute atomic E-state index is 15.0. The van der Waals surface area contributed by atoms with Gasteiger partial charge in [-0.2, -0.15) is 10.2 Å². The molecule has 4 aromatic carbocycles. The molecule has 0 atom stereocenters. The summed E-state index contributed by atoms with van der Waals surface area (Å²) < 4.78 is 29.6. The molecule has 0 bridgehead atoms. The van der Waals surface area contributed by atoms with Crippen LogP contribution in [0, 0.1) is 23.5 Å². The molecule has 0 saturated carbocycles. The van der Waals surface area contributed by atoms with Gasteiger partial charge in [0.2, 0.25) is 0 Å². The van der Waals surface area contributed by atoms with Gasteiger partial charge in [0.25, 0.3) is 0 Å². The third-order valence-corrected chi connectivity index (χ3v) is 5.46. The lowest BCUT2D eigenvalue weighted by atomic mass is 10.0. The van der Waals surface area contributed by atoms with Gasteiger partial charge in [-0.05, 0) is 71.8 Å². The second-order valence-corrected chi connectivity index (χ2v) is 7.87. The molecular weight excluding hydrogens is 414 g/mol. The van der Waals surface area contributed by atoms with E-state index in [0.29, 0.717) is 22.0 Å². The van der Waals surface area contributed by atoms with Crippen LogP contribution in [0.2, 0.25) is 0 Å². The summed E-state index contributed by atoms with van der Waals surface area (Å²) in [6.45, 7) is 4.18. The zero-order valence-electron chi connectivity index (χ0n) is 18.7. The van der Waals surface area contributed by atoms with Crippen molar-refractivity contribution < 1.29 is 8.78 Å². The van der Waals surface area contributed by atoms with Crippen LogP contribution in [0.25, 0.3) is 10.8 Å². The van der Waals surface area contributed by atoms with Gasteiger partial charge >= 0.3 is 0 Å². The Morgan fingerprint density at radius 1 is 0.727 bits per heavy atom. The minimum Gasteiger partial charge on any atom is -0.205 e. The summed E-state index contributed by atoms with van der Waals surface area (Å²) in [5.74, 6) is 4.24. The topological polar surface area (TPSA) is 24.7 Å². The fourth-order valence-corrected chi connectivity index (χ4v) is 3.60. The number of hydrogen-bond acceptors (Lipinski definition) is 2. The van der Waals surface area contributed by atoms with Crippen LogP contribution < -0.4 is 0 Å². The highest BCUT2D eigenvalue weighted by molar-refractivity contribution is 5.85. The largest absolute Gasteiger partial charge is 0.205 e. The molecular formula is C29H24F2N2. The molecule has 0 N–H and O–H groups in total. The highest BCUT2D eigenvalue weighted by Crippen LogP contribution is 2.25. The van der Waals surface area contributed by atoms with Gasteiger partial charge in [-0.1, -0.05) is 62.4 Å². The van der Waals surface area contributed by atoms with Crippen LogP contribution in [-0.2, 0) is 12.8 Å². The number of halogens is 2. The van der Waals surface area contributed by atoms with Crippen molar-refractivity contribution in [3.63, 3.8) is 0 Å². The van der Waals surface area contributed by atoms with E-state index >= 15 is 0 Å². The molecule has 0 aliphatic carbocycles. The SMILES string of the molecule is CCCc1ccc2c(F)c(C#Cc3ccc(N=Nc4ccc(CC)cc4)cc3)c(F)cc2c1. The molecule has 2 nitrogen and oxygen atoms in total. The highest BCUT2D eigenvalue weighted by atomic mass is 19.1. The molecule has 4 aromatic rings. The fraction of sp³-hybridized carbons (Fsp3) is 0.172. The number of benzene rings is 4. The molecule has 0 heterocycles. The predicted octanol–water partition coefficient (Wildman–Crippen LogP) is 8.45. The normalized spacial score (nSPS) is 11.0. The van der Waals surface area contributed by atoms with Crippen molar-refractivity contribution in [3.8, 4) is 11.8 Å². The van der Waals surface area contributed by atoms with Crippen molar-refractivity contribution >= 4 is 22.1 Å². The molecule has 164 valence electrons. The smallest absolute Gasteiger partial charge is 0.149 e. The maximum Gasteiger partial charge on any atom is 0.149 e. The summed E-state index contributed by atoms with van der Waals surface area (Å²) in [5, 5.41) is 9.40. The van der Waals surface area contributed by atoms with Crippen molar-refractivity contribution in [2.75, 3.05) is 0 Å². The van der Waals surface area contributed by atoms with E-state index in [2.05, 4.69) is 35.9 Å². The Hall–Kier alpha value is -3.84. The van der Waals surface area contributed by atoms with Crippen LogP contribution in [0.3, 0.4) is 0 Å². The van der Waals surface area contributed by atoms with E-state index < -0.39 is 11.6 Å². The number of fused-ring (bicyclic) bond motifs is 1. The number of nitrogens with zero attached hydrogens (tertiary/aromatic N) is 2. The van der Waals surface area contributed by atoms with Gasteiger partial charge in [-0.15, -0.1) is 0 Å². The Labute approximate surface area is 193 Å². The molecule has 0 spiro atoms. The van der Waals surface area contributed by atoms with Crippen LogP contribution in [-0.4, -0.2) is 0 Å². The minimum absolute atomic E-state index is 0.218. The molecule has 0 fully saturated rings. The van der Waals surface area contributed by atoms with Gasteiger partial charge < -0.3 is 0 Å². The zero-order chi connectivity index (χ0) is 23.2. The van der Waals surface area contributed by atoms with E-state index in [4.69, 9.17) is 0 Å². The van der Waals surface area contributed by atoms with E-state index in [1.807, 2.05) is 36.4 Å². The molecule has 0 aliphatic rings. The van der Waals surface area contributed by atoms with E-state index in [1.165, 1.54) is 11.6 Å². The van der Waals surface area contributed by atoms with Crippen LogP contribution >= 0.6 is 0 Å². The summed E-state index contributed by atoms with van der Waals surface area (Å²) >= 11 is 0. The Balaban J connectivity index is 1.54. The van der Waals surface area contributed by atoms with Crippen LogP contribution in [0.15, 0.2) is 83.0 Å². The minimum atomic E-state index is -0.652. The van der Waals surface area contributed by atoms with Gasteiger partial charge in [0.1, 0.15) is 11.6 Å². The first kappa shape index (κ1) is 22.4. The zero-order valence-corrected chi connectivity index (χ0v) is 18.7. The Morgan fingerprint density at radius 2 is 1.36 bits per heavy atom. The molecule has 33 heavy (non-hydrogen) atoms. The summed E-state index contributed by atoms with van der Waals surface area (Å²) in [6, 6.07) is 21.8. The first-order valence-corrected chi connectivity index (χ1v) is 11.1. The van der Waals surface area contributed by atoms with Crippen molar-refractivity contribution in [1.29, 1.82) is 0 Å². The van der Waals surface area contributed by atoms with E-state index in [-0.39, 0.29) is 5.56 Å². The molecule has 4 rings (SSSR count). The van der Waals surface area contributed by atoms with Gasteiger partial charge in [-0.25, -0.2) is 8.78 Å². The average Bonchev–Trinajstić information content (AvgIpc) is 2.83. The van der Waals surface area contributed by atoms with E-state index in [1.54, 1.807) is 30.3 Å². The standard InChI is InChI=1S/C29H24F2N2/c1-3-5-22-11-16-26-23(18-22)19-28(30)27(29(26)31)17-10-21-8-14-25(15-9-21)33-32-24-12-6-20(4-2)7-13-24/h6-9,11-16,18-19H,3-5H2,1-2H3. The molecule has 0 radical (unpaired) electrons. The highest BCUT2D eigenvalue weighted by Gasteiger charge is 2.12. The van der Waals surface area contributed by atoms with Gasteiger partial charge in [-0.3, -0.25) is 0 Å². The first-order chi connectivity index (χ1) is 16.1. The third-order valence-electron chi connectivity index (χ3n) is 5.46. The summed E-state index contributed by atoms with van der Waals surface area (Å²) in [6.07, 6.45) is 2.83. The molecule has 0 amide bonds. The lowest BCUT2D eigenvalue weighted by Gasteiger charge is -2.06. The van der Waals surface area contributed by atoms with Gasteiger partial charge in [0, 0.05) is 10.9 Å². The number of azo groups is 1. The fourth-order valence-electron chi connectivity index (χ4n) is 3.60. The van der Waals surface area contributed by atoms with E-state index in [0.717, 1.165) is 30.5 Å². The predicted molar refractivity (Wildman–Crippen MR) is 130 cm³/mol. The lowest BCUT2D eigenvalue weighted by Crippen LogP contribution is -1.94. The van der Waals surface area contributed by atoms with Crippen molar-refractivity contribution in [1.82, 2.24) is 0 Å². The first-order valence-electron chi connectivity index (χ1n) is 11.1. The monoisotopic (exact) mass is 438 g/mol. The number of rotatable bonds is 5. The number of aryl methyl sites for hydroxylation is 2. The van der Waals surface area contributed by atoms with Crippen LogP contribution in [0.1, 0.15) is 42.5 Å². The van der Waals surface area contributed by atoms with Gasteiger partial charge in [0.05, 0.1) is 16.9 Å². The summed E-state index contributed by atoms with van der Waals surface area (Å²) in [5.41, 5.74) is 4.19. The van der Waals surface area contributed by atoms with E-state index in [9.17, 15) is 8.78 Å². The van der Waals surface area contributed by atoms with Crippen molar-refractivity contribution in [2.45, 2.75) is 33.1 Å². The maximum atomic E-state index is 15.0. The Bertz CT molecular complexity index is 1360. The van der Waals surface area contributed by atoms with Crippen LogP contribution in [0.4, 0.5) is 20.2 Å². The van der Waals surface area contributed by atoms with Crippen molar-refractivity contribution in [2.24, 2.45) is 10.2 Å². The molecule has 0 aliphatic heterocycles. The third kappa shape index (κ3) is 5.32. The molecule has 4 heteroatoms. The second-order valence-electron chi connectivity index (χ2n) is 7.87. The summed E-state index contributed by atoms with van der Waals surface area (Å²) in [4.78, 5) is 0. The molecule has 0 saturated heterocycles. The molecule has 0 aromatic heterocycles. The summed E-state index contributed by atoms with van der Waals surface area (Å²) in [7, 11) is 0. The lowest BCUT2D eigenvalue weighted by molar-refractivity contribution is 0.586. The quantitative estimate of drug-likeness (QED) is 0.221. The van der Waals surface area contributed by atoms with Gasteiger partial charge in [0.15, 0.2) is 0 Å². The second kappa shape index (κ2) is 10.2. The Morgan fingerprint density at radius 3 is 2.00 bits per heavy atom.